The molecule has 0 aliphatic carbocycles. The highest BCUT2D eigenvalue weighted by Crippen LogP contribution is 2.15. The maximum Gasteiger partial charge on any atom is 0.319 e. The number of carbonyl (C=O) groups is 1. The van der Waals surface area contributed by atoms with Crippen LogP contribution in [0.15, 0.2) is 67.1 Å². The van der Waals surface area contributed by atoms with Crippen molar-refractivity contribution >= 4 is 11.7 Å². The van der Waals surface area contributed by atoms with Gasteiger partial charge in [0.2, 0.25) is 0 Å². The van der Waals surface area contributed by atoms with Gasteiger partial charge >= 0.3 is 6.03 Å². The predicted octanol–water partition coefficient (Wildman–Crippen LogP) is 3.60. The van der Waals surface area contributed by atoms with Crippen LogP contribution in [0.25, 0.3) is 11.3 Å². The van der Waals surface area contributed by atoms with Crippen LogP contribution < -0.4 is 10.6 Å². The van der Waals surface area contributed by atoms with Gasteiger partial charge in [-0.05, 0) is 48.0 Å². The molecule has 0 saturated heterocycles. The number of aromatic nitrogens is 2. The van der Waals surface area contributed by atoms with Gasteiger partial charge in [0.1, 0.15) is 5.82 Å². The van der Waals surface area contributed by atoms with E-state index in [1.54, 1.807) is 18.6 Å². The molecular formula is C18H15FN4O. The van der Waals surface area contributed by atoms with Crippen LogP contribution in [0, 0.1) is 5.82 Å². The maximum atomic E-state index is 12.8. The summed E-state index contributed by atoms with van der Waals surface area (Å²) in [5, 5.41) is 5.36. The van der Waals surface area contributed by atoms with Crippen LogP contribution in [0.4, 0.5) is 14.9 Å². The van der Waals surface area contributed by atoms with E-state index in [-0.39, 0.29) is 11.8 Å². The zero-order valence-corrected chi connectivity index (χ0v) is 12.7. The smallest absolute Gasteiger partial charge is 0.319 e. The van der Waals surface area contributed by atoms with Crippen molar-refractivity contribution < 1.29 is 9.18 Å². The monoisotopic (exact) mass is 322 g/mol. The molecule has 2 aromatic heterocycles. The zero-order chi connectivity index (χ0) is 16.8. The first-order chi connectivity index (χ1) is 11.7. The summed E-state index contributed by atoms with van der Waals surface area (Å²) in [7, 11) is 0. The van der Waals surface area contributed by atoms with Gasteiger partial charge in [0.15, 0.2) is 0 Å². The molecule has 2 amide bonds. The standard InChI is InChI=1S/C18H15FN4O/c19-15-4-6-16(7-5-15)23-18(24)22-11-13-3-8-17(21-10-13)14-2-1-9-20-12-14/h1-10,12H,11H2,(H2,22,23,24). The fourth-order valence-corrected chi connectivity index (χ4v) is 2.10. The normalized spacial score (nSPS) is 10.2. The Hall–Kier alpha value is -3.28. The molecule has 3 aromatic rings. The van der Waals surface area contributed by atoms with Crippen molar-refractivity contribution in [1.82, 2.24) is 15.3 Å². The molecule has 6 heteroatoms. The first-order valence-electron chi connectivity index (χ1n) is 7.36. The Morgan fingerprint density at radius 1 is 1.04 bits per heavy atom. The average Bonchev–Trinajstić information content (AvgIpc) is 2.63. The molecule has 0 aliphatic rings. The number of anilines is 1. The maximum absolute atomic E-state index is 12.8. The third kappa shape index (κ3) is 4.13. The number of hydrogen-bond acceptors (Lipinski definition) is 3. The summed E-state index contributed by atoms with van der Waals surface area (Å²) in [6, 6.07) is 12.8. The lowest BCUT2D eigenvalue weighted by molar-refractivity contribution is 0.251. The SMILES string of the molecule is O=C(NCc1ccc(-c2cccnc2)nc1)Nc1ccc(F)cc1. The van der Waals surface area contributed by atoms with Crippen molar-refractivity contribution in [3.63, 3.8) is 0 Å². The second-order valence-corrected chi connectivity index (χ2v) is 5.11. The first-order valence-corrected chi connectivity index (χ1v) is 7.36. The van der Waals surface area contributed by atoms with Crippen LogP contribution in [-0.2, 0) is 6.54 Å². The first kappa shape index (κ1) is 15.6. The number of nitrogens with one attached hydrogen (secondary N) is 2. The van der Waals surface area contributed by atoms with Gasteiger partial charge in [0.25, 0.3) is 0 Å². The van der Waals surface area contributed by atoms with E-state index in [0.29, 0.717) is 12.2 Å². The van der Waals surface area contributed by atoms with Gasteiger partial charge in [-0.1, -0.05) is 6.07 Å². The van der Waals surface area contributed by atoms with Gasteiger partial charge < -0.3 is 10.6 Å². The van der Waals surface area contributed by atoms with Gasteiger partial charge in [-0.15, -0.1) is 0 Å². The number of amides is 2. The highest BCUT2D eigenvalue weighted by molar-refractivity contribution is 5.89. The minimum absolute atomic E-state index is 0.341. The number of nitrogens with zero attached hydrogens (tertiary/aromatic N) is 2. The number of carbonyl (C=O) groups excluding carboxylic acids is 1. The number of halogens is 1. The Morgan fingerprint density at radius 3 is 2.54 bits per heavy atom. The van der Waals surface area contributed by atoms with E-state index in [9.17, 15) is 9.18 Å². The van der Waals surface area contributed by atoms with Crippen LogP contribution in [0.3, 0.4) is 0 Å². The second-order valence-electron chi connectivity index (χ2n) is 5.11. The summed E-state index contributed by atoms with van der Waals surface area (Å²) < 4.78 is 12.8. The largest absolute Gasteiger partial charge is 0.334 e. The molecule has 0 atom stereocenters. The van der Waals surface area contributed by atoms with Gasteiger partial charge in [-0.2, -0.15) is 0 Å². The number of rotatable bonds is 4. The van der Waals surface area contributed by atoms with Crippen molar-refractivity contribution in [1.29, 1.82) is 0 Å². The molecule has 2 N–H and O–H groups in total. The summed E-state index contributed by atoms with van der Waals surface area (Å²) in [6.45, 7) is 0.341. The fraction of sp³-hybridized carbons (Fsp3) is 0.0556. The Labute approximate surface area is 138 Å². The van der Waals surface area contributed by atoms with Crippen LogP contribution in [0.2, 0.25) is 0 Å². The third-order valence-corrected chi connectivity index (χ3v) is 3.34. The predicted molar refractivity (Wildman–Crippen MR) is 89.7 cm³/mol. The lowest BCUT2D eigenvalue weighted by atomic mass is 10.1. The molecule has 0 spiro atoms. The van der Waals surface area contributed by atoms with Crippen molar-refractivity contribution in [2.24, 2.45) is 0 Å². The van der Waals surface area contributed by atoms with Crippen LogP contribution in [0.1, 0.15) is 5.56 Å². The van der Waals surface area contributed by atoms with E-state index in [2.05, 4.69) is 20.6 Å². The molecule has 0 fully saturated rings. The molecule has 3 rings (SSSR count). The zero-order valence-electron chi connectivity index (χ0n) is 12.7. The molecule has 0 aliphatic heterocycles. The highest BCUT2D eigenvalue weighted by atomic mass is 19.1. The summed E-state index contributed by atoms with van der Waals surface area (Å²) in [6.07, 6.45) is 5.17. The summed E-state index contributed by atoms with van der Waals surface area (Å²) in [5.74, 6) is -0.347. The minimum atomic E-state index is -0.363. The third-order valence-electron chi connectivity index (χ3n) is 3.34. The van der Waals surface area contributed by atoms with Gasteiger partial charge in [0.05, 0.1) is 5.69 Å². The quantitative estimate of drug-likeness (QED) is 0.771. The lowest BCUT2D eigenvalue weighted by Gasteiger charge is -2.08. The Balaban J connectivity index is 1.54. The van der Waals surface area contributed by atoms with E-state index < -0.39 is 0 Å². The summed E-state index contributed by atoms with van der Waals surface area (Å²) >= 11 is 0. The van der Waals surface area contributed by atoms with Crippen molar-refractivity contribution in [3.8, 4) is 11.3 Å². The summed E-state index contributed by atoms with van der Waals surface area (Å²) in [5.41, 5.74) is 3.16. The molecule has 0 bridgehead atoms. The number of pyridine rings is 2. The van der Waals surface area contributed by atoms with E-state index >= 15 is 0 Å². The van der Waals surface area contributed by atoms with E-state index in [1.807, 2.05) is 24.3 Å². The highest BCUT2D eigenvalue weighted by Gasteiger charge is 2.03. The lowest BCUT2D eigenvalue weighted by Crippen LogP contribution is -2.28. The molecule has 0 saturated carbocycles. The van der Waals surface area contributed by atoms with E-state index in [4.69, 9.17) is 0 Å². The number of urea groups is 1. The number of hydrogen-bond donors (Lipinski definition) is 2. The van der Waals surface area contributed by atoms with E-state index in [1.165, 1.54) is 24.3 Å². The van der Waals surface area contributed by atoms with Gasteiger partial charge in [0, 0.05) is 36.4 Å². The molecule has 0 radical (unpaired) electrons. The van der Waals surface area contributed by atoms with Crippen LogP contribution >= 0.6 is 0 Å². The van der Waals surface area contributed by atoms with Crippen LogP contribution in [-0.4, -0.2) is 16.0 Å². The Morgan fingerprint density at radius 2 is 1.88 bits per heavy atom. The average molecular weight is 322 g/mol. The van der Waals surface area contributed by atoms with Gasteiger partial charge in [-0.3, -0.25) is 9.97 Å². The molecule has 5 nitrogen and oxygen atoms in total. The molecule has 1 aromatic carbocycles. The van der Waals surface area contributed by atoms with Crippen molar-refractivity contribution in [3.05, 3.63) is 78.5 Å². The second kappa shape index (κ2) is 7.32. The van der Waals surface area contributed by atoms with Gasteiger partial charge in [-0.25, -0.2) is 9.18 Å². The molecule has 0 unspecified atom stereocenters. The van der Waals surface area contributed by atoms with Crippen molar-refractivity contribution in [2.75, 3.05) is 5.32 Å². The van der Waals surface area contributed by atoms with Crippen molar-refractivity contribution in [2.45, 2.75) is 6.54 Å². The summed E-state index contributed by atoms with van der Waals surface area (Å²) in [4.78, 5) is 20.2. The minimum Gasteiger partial charge on any atom is -0.334 e. The fourth-order valence-electron chi connectivity index (χ4n) is 2.10. The molecule has 24 heavy (non-hydrogen) atoms. The van der Waals surface area contributed by atoms with Crippen LogP contribution in [0.5, 0.6) is 0 Å². The van der Waals surface area contributed by atoms with E-state index in [0.717, 1.165) is 16.8 Å². The molecular weight excluding hydrogens is 307 g/mol. The number of benzene rings is 1. The Kier molecular flexibility index (Phi) is 4.76. The topological polar surface area (TPSA) is 66.9 Å². The Bertz CT molecular complexity index is 805. The molecule has 120 valence electrons. The molecule has 2 heterocycles.